The molecule has 2 aromatic heterocycles. The fraction of sp³-hybridized carbons (Fsp3) is 0.333. The number of ether oxygens (including phenoxy) is 2. The molecule has 10 nitrogen and oxygen atoms in total. The molecule has 0 aliphatic rings. The largest absolute Gasteiger partial charge is 0.490 e. The first-order chi connectivity index (χ1) is 16.9. The van der Waals surface area contributed by atoms with Crippen LogP contribution in [0.4, 0.5) is 4.39 Å². The van der Waals surface area contributed by atoms with Gasteiger partial charge in [-0.1, -0.05) is 12.7 Å². The summed E-state index contributed by atoms with van der Waals surface area (Å²) in [6.45, 7) is 3.84. The molecule has 35 heavy (non-hydrogen) atoms. The van der Waals surface area contributed by atoms with Crippen molar-refractivity contribution < 1.29 is 13.9 Å². The van der Waals surface area contributed by atoms with E-state index in [1.54, 1.807) is 69.1 Å². The molecule has 2 N–H and O–H groups in total. The molecule has 0 amide bonds. The topological polar surface area (TPSA) is 111 Å². The summed E-state index contributed by atoms with van der Waals surface area (Å²) in [7, 11) is 6.44. The van der Waals surface area contributed by atoms with Gasteiger partial charge in [-0.15, -0.1) is 0 Å². The molecule has 188 valence electrons. The Labute approximate surface area is 204 Å². The van der Waals surface area contributed by atoms with Crippen molar-refractivity contribution in [3.8, 4) is 5.75 Å². The summed E-state index contributed by atoms with van der Waals surface area (Å²) in [6, 6.07) is 3.37. The number of aromatic nitrogens is 2. The predicted molar refractivity (Wildman–Crippen MR) is 137 cm³/mol. The van der Waals surface area contributed by atoms with E-state index in [0.717, 1.165) is 5.01 Å². The number of alkyl halides is 1. The number of nitrogens with two attached hydrogens (primary N) is 1. The van der Waals surface area contributed by atoms with Gasteiger partial charge in [-0.2, -0.15) is 5.10 Å². The summed E-state index contributed by atoms with van der Waals surface area (Å²) in [5.74, 6) is 0.862. The minimum absolute atomic E-state index is 0.0643. The molecule has 0 saturated heterocycles. The number of nitrogens with zero attached hydrogens (tertiary/aromatic N) is 6. The van der Waals surface area contributed by atoms with Crippen molar-refractivity contribution in [2.45, 2.75) is 6.54 Å². The van der Waals surface area contributed by atoms with Gasteiger partial charge in [0.2, 0.25) is 0 Å². The van der Waals surface area contributed by atoms with Gasteiger partial charge in [0.15, 0.2) is 6.80 Å². The lowest BCUT2D eigenvalue weighted by molar-refractivity contribution is 0.146. The van der Waals surface area contributed by atoms with Gasteiger partial charge >= 0.3 is 0 Å². The molecule has 0 aliphatic heterocycles. The zero-order valence-electron chi connectivity index (χ0n) is 20.5. The van der Waals surface area contributed by atoms with Crippen molar-refractivity contribution >= 4 is 23.0 Å². The van der Waals surface area contributed by atoms with Crippen molar-refractivity contribution in [1.29, 1.82) is 0 Å². The summed E-state index contributed by atoms with van der Waals surface area (Å²) in [4.78, 5) is 23.2. The molecule has 0 aliphatic carbocycles. The standard InChI is InChI=1S/C24H32FN7O3/c1-6-18(19(12-26)13-27-2)15-30(3)23(29-31(4)17-25)16-32-8-7-22-21(24(32)33)11-20(14-28-22)35-10-9-34-5/h6-8,11-15H,1,9-10,16-17,26H2,2-5H3/b18-15+,19-12?,27-13?,29-23-. The van der Waals surface area contributed by atoms with Crippen LogP contribution in [-0.4, -0.2) is 79.8 Å². The van der Waals surface area contributed by atoms with Crippen LogP contribution in [0.5, 0.6) is 5.75 Å². The van der Waals surface area contributed by atoms with E-state index in [1.807, 2.05) is 0 Å². The number of hydrazone groups is 1. The van der Waals surface area contributed by atoms with Crippen molar-refractivity contribution in [3.05, 3.63) is 71.1 Å². The Morgan fingerprint density at radius 3 is 2.74 bits per heavy atom. The van der Waals surface area contributed by atoms with Crippen LogP contribution in [0.3, 0.4) is 0 Å². The van der Waals surface area contributed by atoms with E-state index in [1.165, 1.54) is 17.8 Å². The number of allylic oxidation sites excluding steroid dienone is 3. The molecule has 0 atom stereocenters. The molecule has 0 fully saturated rings. The maximum absolute atomic E-state index is 13.2. The Hall–Kier alpha value is -3.99. The van der Waals surface area contributed by atoms with Crippen LogP contribution in [0.15, 0.2) is 75.6 Å². The number of fused-ring (bicyclic) bond motifs is 1. The number of pyridine rings is 2. The molecular weight excluding hydrogens is 453 g/mol. The van der Waals surface area contributed by atoms with Crippen LogP contribution in [0.1, 0.15) is 0 Å². The van der Waals surface area contributed by atoms with Gasteiger partial charge in [0, 0.05) is 64.2 Å². The molecule has 11 heteroatoms. The zero-order chi connectivity index (χ0) is 25.8. The average molecular weight is 486 g/mol. The molecule has 0 radical (unpaired) electrons. The smallest absolute Gasteiger partial charge is 0.260 e. The molecule has 0 saturated carbocycles. The molecule has 2 aromatic rings. The van der Waals surface area contributed by atoms with E-state index in [4.69, 9.17) is 15.2 Å². The predicted octanol–water partition coefficient (Wildman–Crippen LogP) is 2.14. The van der Waals surface area contributed by atoms with Gasteiger partial charge in [0.1, 0.15) is 18.2 Å². The summed E-state index contributed by atoms with van der Waals surface area (Å²) in [5.41, 5.74) is 7.27. The van der Waals surface area contributed by atoms with Crippen molar-refractivity contribution in [2.24, 2.45) is 15.8 Å². The maximum Gasteiger partial charge on any atom is 0.260 e. The van der Waals surface area contributed by atoms with Crippen LogP contribution >= 0.6 is 0 Å². The molecule has 2 heterocycles. The highest BCUT2D eigenvalue weighted by Gasteiger charge is 2.13. The Kier molecular flexibility index (Phi) is 10.6. The van der Waals surface area contributed by atoms with Crippen LogP contribution < -0.4 is 16.0 Å². The number of amidine groups is 1. The third-order valence-corrected chi connectivity index (χ3v) is 4.86. The second-order valence-electron chi connectivity index (χ2n) is 7.40. The number of hydrogen-bond acceptors (Lipinski definition) is 8. The maximum atomic E-state index is 13.2. The van der Waals surface area contributed by atoms with Crippen LogP contribution in [0.2, 0.25) is 0 Å². The fourth-order valence-electron chi connectivity index (χ4n) is 3.06. The SMILES string of the molecule is C=C/C(=C\N(C)/C(Cn1ccc2ncc(OCCOC)cc2c1=O)=N\N(C)CF)C(C=NC)=CN. The second kappa shape index (κ2) is 13.7. The number of rotatable bonds is 12. The molecule has 2 rings (SSSR count). The molecule has 0 spiro atoms. The first-order valence-corrected chi connectivity index (χ1v) is 10.8. The Morgan fingerprint density at radius 1 is 1.34 bits per heavy atom. The molecular formula is C24H32FN7O3. The van der Waals surface area contributed by atoms with E-state index in [0.29, 0.717) is 46.8 Å². The summed E-state index contributed by atoms with van der Waals surface area (Å²) in [6.07, 6.45) is 9.53. The third-order valence-electron chi connectivity index (χ3n) is 4.86. The van der Waals surface area contributed by atoms with E-state index in [9.17, 15) is 9.18 Å². The summed E-state index contributed by atoms with van der Waals surface area (Å²) >= 11 is 0. The average Bonchev–Trinajstić information content (AvgIpc) is 2.87. The first-order valence-electron chi connectivity index (χ1n) is 10.8. The molecule has 0 bridgehead atoms. The van der Waals surface area contributed by atoms with Gasteiger partial charge in [-0.05, 0) is 12.1 Å². The lowest BCUT2D eigenvalue weighted by atomic mass is 10.1. The van der Waals surface area contributed by atoms with E-state index < -0.39 is 6.80 Å². The minimum Gasteiger partial charge on any atom is -0.490 e. The van der Waals surface area contributed by atoms with Gasteiger partial charge in [0.25, 0.3) is 5.56 Å². The highest BCUT2D eigenvalue weighted by atomic mass is 19.1. The highest BCUT2D eigenvalue weighted by Crippen LogP contribution is 2.16. The Morgan fingerprint density at radius 2 is 2.11 bits per heavy atom. The van der Waals surface area contributed by atoms with Crippen LogP contribution in [0.25, 0.3) is 10.9 Å². The van der Waals surface area contributed by atoms with E-state index in [2.05, 4.69) is 21.7 Å². The summed E-state index contributed by atoms with van der Waals surface area (Å²) < 4.78 is 25.3. The lowest BCUT2D eigenvalue weighted by Gasteiger charge is -2.22. The number of aliphatic imine (C=N–C) groups is 1. The fourth-order valence-corrected chi connectivity index (χ4v) is 3.06. The quantitative estimate of drug-likeness (QED) is 0.122. The Balaban J connectivity index is 2.46. The van der Waals surface area contributed by atoms with Crippen molar-refractivity contribution in [3.63, 3.8) is 0 Å². The number of hydrogen-bond donors (Lipinski definition) is 1. The van der Waals surface area contributed by atoms with Gasteiger partial charge in [-0.3, -0.25) is 19.8 Å². The highest BCUT2D eigenvalue weighted by molar-refractivity contribution is 5.87. The van der Waals surface area contributed by atoms with Crippen molar-refractivity contribution in [2.75, 3.05) is 48.3 Å². The molecule has 0 aromatic carbocycles. The monoisotopic (exact) mass is 485 g/mol. The normalized spacial score (nSPS) is 12.9. The first kappa shape index (κ1) is 27.3. The Bertz CT molecular complexity index is 1190. The number of likely N-dealkylation sites (N-methyl/N-ethyl adjacent to an activating group) is 1. The van der Waals surface area contributed by atoms with Crippen LogP contribution in [-0.2, 0) is 11.3 Å². The van der Waals surface area contributed by atoms with E-state index >= 15 is 0 Å². The van der Waals surface area contributed by atoms with Gasteiger partial charge < -0.3 is 24.7 Å². The zero-order valence-corrected chi connectivity index (χ0v) is 20.5. The number of halogens is 1. The second-order valence-corrected chi connectivity index (χ2v) is 7.40. The third kappa shape index (κ3) is 7.51. The van der Waals surface area contributed by atoms with Gasteiger partial charge in [-0.25, -0.2) is 4.39 Å². The summed E-state index contributed by atoms with van der Waals surface area (Å²) in [5, 5.41) is 5.84. The lowest BCUT2D eigenvalue weighted by Crippen LogP contribution is -2.33. The van der Waals surface area contributed by atoms with Crippen molar-refractivity contribution in [1.82, 2.24) is 19.5 Å². The molecule has 0 unspecified atom stereocenters. The van der Waals surface area contributed by atoms with E-state index in [-0.39, 0.29) is 12.1 Å². The van der Waals surface area contributed by atoms with Crippen LogP contribution in [0, 0.1) is 0 Å². The minimum atomic E-state index is -0.801. The van der Waals surface area contributed by atoms with Gasteiger partial charge in [0.05, 0.1) is 30.3 Å². The number of methoxy groups -OCH3 is 1.